The first kappa shape index (κ1) is 19.4. The zero-order valence-electron chi connectivity index (χ0n) is 15.5. The van der Waals surface area contributed by atoms with Gasteiger partial charge >= 0.3 is 5.97 Å². The second-order valence-corrected chi connectivity index (χ2v) is 7.39. The second-order valence-electron chi connectivity index (χ2n) is 6.46. The number of esters is 1. The predicted molar refractivity (Wildman–Crippen MR) is 101 cm³/mol. The molecule has 2 heterocycles. The first-order valence-electron chi connectivity index (χ1n) is 9.04. The Morgan fingerprint density at radius 1 is 1.37 bits per heavy atom. The number of hydrogen-bond acceptors (Lipinski definition) is 7. The predicted octanol–water partition coefficient (Wildman–Crippen LogP) is 2.94. The Kier molecular flexibility index (Phi) is 6.49. The number of rotatable bonds is 6. The van der Waals surface area contributed by atoms with E-state index < -0.39 is 0 Å². The summed E-state index contributed by atoms with van der Waals surface area (Å²) >= 11 is 1.21. The van der Waals surface area contributed by atoms with Crippen molar-refractivity contribution in [2.75, 3.05) is 25.4 Å². The van der Waals surface area contributed by atoms with Gasteiger partial charge in [-0.15, -0.1) is 10.2 Å². The van der Waals surface area contributed by atoms with Crippen molar-refractivity contribution >= 4 is 23.6 Å². The van der Waals surface area contributed by atoms with Gasteiger partial charge in [0.2, 0.25) is 11.8 Å². The lowest BCUT2D eigenvalue weighted by atomic mass is 9.98. The molecule has 1 aliphatic heterocycles. The molecule has 1 aromatic heterocycles. The average Bonchev–Trinajstić information content (AvgIpc) is 3.15. The molecule has 8 heteroatoms. The fourth-order valence-electron chi connectivity index (χ4n) is 3.03. The van der Waals surface area contributed by atoms with E-state index >= 15 is 0 Å². The minimum atomic E-state index is -0.232. The van der Waals surface area contributed by atoms with Crippen LogP contribution in [0.3, 0.4) is 0 Å². The number of thioether (sulfide) groups is 1. The number of carbonyl (C=O) groups is 2. The number of ether oxygens (including phenoxy) is 1. The standard InChI is InChI=1S/C19H23N3O4S/c1-3-25-18(24)15-8-5-9-22(11-15)16(23)12-27-19-21-20-17(26-19)14-7-4-6-13(2)10-14/h4,6-7,10,15H,3,5,8-9,11-12H2,1-2H3/t15-/m1/s1. The summed E-state index contributed by atoms with van der Waals surface area (Å²) in [6.07, 6.45) is 1.57. The highest BCUT2D eigenvalue weighted by molar-refractivity contribution is 7.99. The Bertz CT molecular complexity index is 808. The van der Waals surface area contributed by atoms with Crippen LogP contribution in [0.15, 0.2) is 33.9 Å². The van der Waals surface area contributed by atoms with Crippen LogP contribution in [-0.4, -0.2) is 52.4 Å². The lowest BCUT2D eigenvalue weighted by molar-refractivity contribution is -0.151. The Labute approximate surface area is 162 Å². The van der Waals surface area contributed by atoms with Gasteiger partial charge in [-0.05, 0) is 38.8 Å². The smallest absolute Gasteiger partial charge is 0.310 e. The largest absolute Gasteiger partial charge is 0.466 e. The molecule has 0 saturated carbocycles. The molecule has 7 nitrogen and oxygen atoms in total. The van der Waals surface area contributed by atoms with Crippen LogP contribution in [0.2, 0.25) is 0 Å². The van der Waals surface area contributed by atoms with Crippen molar-refractivity contribution in [1.29, 1.82) is 0 Å². The van der Waals surface area contributed by atoms with Crippen molar-refractivity contribution < 1.29 is 18.7 Å². The van der Waals surface area contributed by atoms with Crippen LogP contribution in [-0.2, 0) is 14.3 Å². The topological polar surface area (TPSA) is 85.5 Å². The third-order valence-corrected chi connectivity index (χ3v) is 5.19. The molecule has 144 valence electrons. The van der Waals surface area contributed by atoms with Gasteiger partial charge in [0.1, 0.15) is 0 Å². The number of hydrogen-bond donors (Lipinski definition) is 0. The van der Waals surface area contributed by atoms with Crippen molar-refractivity contribution in [3.63, 3.8) is 0 Å². The van der Waals surface area contributed by atoms with E-state index in [1.54, 1.807) is 11.8 Å². The molecule has 0 spiro atoms. The molecule has 0 N–H and O–H groups in total. The maximum atomic E-state index is 12.5. The van der Waals surface area contributed by atoms with Crippen molar-refractivity contribution in [2.24, 2.45) is 5.92 Å². The highest BCUT2D eigenvalue weighted by atomic mass is 32.2. The van der Waals surface area contributed by atoms with Crippen LogP contribution in [0.1, 0.15) is 25.3 Å². The third-order valence-electron chi connectivity index (χ3n) is 4.38. The quantitative estimate of drug-likeness (QED) is 0.554. The SMILES string of the molecule is CCOC(=O)[C@@H]1CCCN(C(=O)CSc2nnc(-c3cccc(C)c3)o2)C1. The van der Waals surface area contributed by atoms with Crippen molar-refractivity contribution in [2.45, 2.75) is 31.9 Å². The average molecular weight is 389 g/mol. The normalized spacial score (nSPS) is 17.0. The van der Waals surface area contributed by atoms with Gasteiger partial charge in [-0.2, -0.15) is 0 Å². The van der Waals surface area contributed by atoms with Gasteiger partial charge in [-0.3, -0.25) is 9.59 Å². The number of nitrogens with zero attached hydrogens (tertiary/aromatic N) is 3. The number of amides is 1. The van der Waals surface area contributed by atoms with Crippen molar-refractivity contribution in [3.8, 4) is 11.5 Å². The van der Waals surface area contributed by atoms with E-state index in [4.69, 9.17) is 9.15 Å². The van der Waals surface area contributed by atoms with Gasteiger partial charge in [0.15, 0.2) is 0 Å². The molecule has 1 aromatic carbocycles. The molecule has 2 aromatic rings. The van der Waals surface area contributed by atoms with Crippen molar-refractivity contribution in [1.82, 2.24) is 15.1 Å². The third kappa shape index (κ3) is 5.09. The maximum Gasteiger partial charge on any atom is 0.310 e. The van der Waals surface area contributed by atoms with Crippen LogP contribution in [0.5, 0.6) is 0 Å². The number of benzene rings is 1. The van der Waals surface area contributed by atoms with E-state index in [0.717, 1.165) is 24.0 Å². The Hall–Kier alpha value is -2.35. The summed E-state index contributed by atoms with van der Waals surface area (Å²) in [6.45, 7) is 5.22. The minimum absolute atomic E-state index is 0.0377. The van der Waals surface area contributed by atoms with E-state index in [0.29, 0.717) is 30.8 Å². The summed E-state index contributed by atoms with van der Waals surface area (Å²) in [6, 6.07) is 7.80. The van der Waals surface area contributed by atoms with Gasteiger partial charge in [-0.25, -0.2) is 0 Å². The number of aromatic nitrogens is 2. The van der Waals surface area contributed by atoms with Crippen LogP contribution >= 0.6 is 11.8 Å². The van der Waals surface area contributed by atoms with E-state index in [-0.39, 0.29) is 23.5 Å². The number of likely N-dealkylation sites (tertiary alicyclic amines) is 1. The molecule has 1 atom stereocenters. The summed E-state index contributed by atoms with van der Waals surface area (Å²) in [4.78, 5) is 26.1. The zero-order valence-corrected chi connectivity index (χ0v) is 16.3. The minimum Gasteiger partial charge on any atom is -0.466 e. The van der Waals surface area contributed by atoms with Gasteiger partial charge in [0.05, 0.1) is 18.3 Å². The fraction of sp³-hybridized carbons (Fsp3) is 0.474. The molecule has 27 heavy (non-hydrogen) atoms. The highest BCUT2D eigenvalue weighted by Gasteiger charge is 2.29. The van der Waals surface area contributed by atoms with Crippen molar-refractivity contribution in [3.05, 3.63) is 29.8 Å². The molecule has 1 fully saturated rings. The molecule has 1 saturated heterocycles. The van der Waals surface area contributed by atoms with E-state index in [9.17, 15) is 9.59 Å². The van der Waals surface area contributed by atoms with Crippen LogP contribution in [0, 0.1) is 12.8 Å². The summed E-state index contributed by atoms with van der Waals surface area (Å²) < 4.78 is 10.7. The maximum absolute atomic E-state index is 12.5. The lowest BCUT2D eigenvalue weighted by Gasteiger charge is -2.31. The van der Waals surface area contributed by atoms with Gasteiger partial charge in [-0.1, -0.05) is 29.5 Å². The molecular formula is C19H23N3O4S. The van der Waals surface area contributed by atoms with Gasteiger partial charge in [0, 0.05) is 18.7 Å². The Balaban J connectivity index is 1.54. The number of aryl methyl sites for hydroxylation is 1. The first-order chi connectivity index (χ1) is 13.1. The molecule has 1 amide bonds. The Morgan fingerprint density at radius 3 is 3.00 bits per heavy atom. The first-order valence-corrected chi connectivity index (χ1v) is 10.0. The molecule has 1 aliphatic rings. The molecule has 0 aliphatic carbocycles. The molecule has 3 rings (SSSR count). The summed E-state index contributed by atoms with van der Waals surface area (Å²) in [5.41, 5.74) is 1.96. The van der Waals surface area contributed by atoms with Crippen LogP contribution in [0.4, 0.5) is 0 Å². The van der Waals surface area contributed by atoms with E-state index in [2.05, 4.69) is 10.2 Å². The summed E-state index contributed by atoms with van der Waals surface area (Å²) in [5.74, 6) is 0.148. The molecule has 0 radical (unpaired) electrons. The fourth-order valence-corrected chi connectivity index (χ4v) is 3.70. The second kappa shape index (κ2) is 9.03. The summed E-state index contributed by atoms with van der Waals surface area (Å²) in [7, 11) is 0. The lowest BCUT2D eigenvalue weighted by Crippen LogP contribution is -2.43. The van der Waals surface area contributed by atoms with Crippen LogP contribution in [0.25, 0.3) is 11.5 Å². The van der Waals surface area contributed by atoms with E-state index in [1.165, 1.54) is 11.8 Å². The molecule has 0 bridgehead atoms. The number of carbonyl (C=O) groups excluding carboxylic acids is 2. The molecular weight excluding hydrogens is 366 g/mol. The van der Waals surface area contributed by atoms with E-state index in [1.807, 2.05) is 31.2 Å². The van der Waals surface area contributed by atoms with Gasteiger partial charge < -0.3 is 14.1 Å². The molecule has 0 unspecified atom stereocenters. The monoisotopic (exact) mass is 389 g/mol. The number of piperidine rings is 1. The van der Waals surface area contributed by atoms with Crippen LogP contribution < -0.4 is 0 Å². The highest BCUT2D eigenvalue weighted by Crippen LogP contribution is 2.25. The Morgan fingerprint density at radius 2 is 2.22 bits per heavy atom. The zero-order chi connectivity index (χ0) is 19.2. The summed E-state index contributed by atoms with van der Waals surface area (Å²) in [5, 5.41) is 8.42. The van der Waals surface area contributed by atoms with Gasteiger partial charge in [0.25, 0.3) is 5.22 Å².